The van der Waals surface area contributed by atoms with Crippen molar-refractivity contribution in [2.24, 2.45) is 5.73 Å². The fourth-order valence-electron chi connectivity index (χ4n) is 1.06. The summed E-state index contributed by atoms with van der Waals surface area (Å²) in [4.78, 5) is 10.8. The van der Waals surface area contributed by atoms with Gasteiger partial charge >= 0.3 is 0 Å². The number of nitrogens with two attached hydrogens (primary N) is 1. The first-order valence-electron chi connectivity index (χ1n) is 4.13. The monoisotopic (exact) mass is 170 g/mol. The number of ketones is 1. The molecule has 0 spiro atoms. The predicted octanol–water partition coefficient (Wildman–Crippen LogP) is 0.459. The number of carbonyl (C=O) groups excluding carboxylic acids is 1. The van der Waals surface area contributed by atoms with E-state index >= 15 is 0 Å². The number of rotatable bonds is 6. The van der Waals surface area contributed by atoms with Gasteiger partial charge in [-0.1, -0.05) is 12.2 Å². The second kappa shape index (κ2) is 5.91. The first-order valence-corrected chi connectivity index (χ1v) is 4.13. The molecule has 3 nitrogen and oxygen atoms in total. The number of hydrogen-bond donors (Lipinski definition) is 2. The lowest BCUT2D eigenvalue weighted by Gasteiger charge is -2.14. The van der Waals surface area contributed by atoms with Crippen molar-refractivity contribution in [2.45, 2.75) is 25.8 Å². The summed E-state index contributed by atoms with van der Waals surface area (Å²) < 4.78 is 0. The highest BCUT2D eigenvalue weighted by atomic mass is 16.1. The Morgan fingerprint density at radius 3 is 2.50 bits per heavy atom. The minimum Gasteiger partial charge on any atom is -0.327 e. The quantitative estimate of drug-likeness (QED) is 0.569. The van der Waals surface area contributed by atoms with Gasteiger partial charge in [-0.15, -0.1) is 0 Å². The van der Waals surface area contributed by atoms with E-state index in [1.165, 1.54) is 0 Å². The maximum Gasteiger partial charge on any atom is 0.131 e. The molecule has 3 heteroatoms. The minimum absolute atomic E-state index is 0.193. The summed E-state index contributed by atoms with van der Waals surface area (Å²) in [7, 11) is 1.84. The molecule has 0 heterocycles. The number of Topliss-reactive ketones (excluding diaryl/α,β-unsaturated/α-hetero) is 1. The molecular weight excluding hydrogens is 152 g/mol. The van der Waals surface area contributed by atoms with Crippen LogP contribution in [-0.2, 0) is 4.79 Å². The molecule has 70 valence electrons. The summed E-state index contributed by atoms with van der Waals surface area (Å²) in [6, 6.07) is 0.193. The van der Waals surface area contributed by atoms with E-state index in [0.29, 0.717) is 13.0 Å². The van der Waals surface area contributed by atoms with E-state index < -0.39 is 0 Å². The van der Waals surface area contributed by atoms with Crippen LogP contribution in [0.5, 0.6) is 0 Å². The molecule has 0 aliphatic heterocycles. The molecule has 0 saturated heterocycles. The van der Waals surface area contributed by atoms with Crippen LogP contribution in [0.15, 0.2) is 12.2 Å². The molecule has 1 atom stereocenters. The first-order chi connectivity index (χ1) is 5.60. The lowest BCUT2D eigenvalue weighted by atomic mass is 10.0. The number of hydrogen-bond acceptors (Lipinski definition) is 3. The highest BCUT2D eigenvalue weighted by Gasteiger charge is 2.09. The van der Waals surface area contributed by atoms with E-state index in [-0.39, 0.29) is 11.8 Å². The van der Waals surface area contributed by atoms with Gasteiger partial charge in [-0.25, -0.2) is 0 Å². The second-order valence-electron chi connectivity index (χ2n) is 3.05. The van der Waals surface area contributed by atoms with Gasteiger partial charge in [-0.05, 0) is 20.4 Å². The highest BCUT2D eigenvalue weighted by molar-refractivity contribution is 5.76. The van der Waals surface area contributed by atoms with E-state index in [2.05, 4.69) is 11.9 Å². The summed E-state index contributed by atoms with van der Waals surface area (Å²) in [6.07, 6.45) is 1.34. The number of nitrogens with one attached hydrogen (secondary N) is 1. The number of carbonyl (C=O) groups is 1. The van der Waals surface area contributed by atoms with Gasteiger partial charge in [0.1, 0.15) is 5.78 Å². The largest absolute Gasteiger partial charge is 0.327 e. The Labute approximate surface area is 74.0 Å². The van der Waals surface area contributed by atoms with Crippen molar-refractivity contribution in [3.05, 3.63) is 12.2 Å². The van der Waals surface area contributed by atoms with E-state index in [0.717, 1.165) is 12.0 Å². The lowest BCUT2D eigenvalue weighted by molar-refractivity contribution is -0.117. The van der Waals surface area contributed by atoms with Crippen LogP contribution in [0.25, 0.3) is 0 Å². The molecule has 0 aromatic carbocycles. The van der Waals surface area contributed by atoms with Gasteiger partial charge in [-0.3, -0.25) is 4.79 Å². The van der Waals surface area contributed by atoms with Gasteiger partial charge in [0, 0.05) is 19.0 Å². The Morgan fingerprint density at radius 2 is 2.17 bits per heavy atom. The average Bonchev–Trinajstić information content (AvgIpc) is 2.02. The molecule has 3 N–H and O–H groups in total. The van der Waals surface area contributed by atoms with Crippen LogP contribution in [-0.4, -0.2) is 25.4 Å². The molecule has 0 amide bonds. The van der Waals surface area contributed by atoms with Crippen molar-refractivity contribution in [1.82, 2.24) is 5.32 Å². The standard InChI is InChI=1S/C9H18N2O/c1-7(6-10)4-9(11-3)5-8(2)12/h9,11H,1,4-6,10H2,2-3H3/t9-/m0/s1. The Kier molecular flexibility index (Phi) is 5.58. The van der Waals surface area contributed by atoms with Crippen molar-refractivity contribution in [3.63, 3.8) is 0 Å². The Bertz CT molecular complexity index is 166. The fourth-order valence-corrected chi connectivity index (χ4v) is 1.06. The summed E-state index contributed by atoms with van der Waals surface area (Å²) >= 11 is 0. The molecule has 0 unspecified atom stereocenters. The van der Waals surface area contributed by atoms with Crippen LogP contribution in [0.4, 0.5) is 0 Å². The van der Waals surface area contributed by atoms with Crippen molar-refractivity contribution >= 4 is 5.78 Å². The van der Waals surface area contributed by atoms with Gasteiger partial charge in [0.05, 0.1) is 0 Å². The van der Waals surface area contributed by atoms with Gasteiger partial charge in [0.15, 0.2) is 0 Å². The summed E-state index contributed by atoms with van der Waals surface area (Å²) in [5.41, 5.74) is 6.38. The third-order valence-electron chi connectivity index (χ3n) is 1.77. The molecule has 0 aromatic rings. The molecule has 12 heavy (non-hydrogen) atoms. The third kappa shape index (κ3) is 5.04. The summed E-state index contributed by atoms with van der Waals surface area (Å²) in [5, 5.41) is 3.06. The molecular formula is C9H18N2O. The minimum atomic E-state index is 0.193. The first kappa shape index (κ1) is 11.3. The Morgan fingerprint density at radius 1 is 1.58 bits per heavy atom. The third-order valence-corrected chi connectivity index (χ3v) is 1.77. The normalized spacial score (nSPS) is 12.6. The van der Waals surface area contributed by atoms with Crippen LogP contribution in [0.3, 0.4) is 0 Å². The Balaban J connectivity index is 3.82. The van der Waals surface area contributed by atoms with Crippen LogP contribution in [0.2, 0.25) is 0 Å². The van der Waals surface area contributed by atoms with Gasteiger partial charge in [0.25, 0.3) is 0 Å². The van der Waals surface area contributed by atoms with Crippen LogP contribution in [0.1, 0.15) is 19.8 Å². The van der Waals surface area contributed by atoms with Crippen molar-refractivity contribution in [1.29, 1.82) is 0 Å². The molecule has 0 aliphatic rings. The van der Waals surface area contributed by atoms with E-state index in [1.54, 1.807) is 6.92 Å². The maximum atomic E-state index is 10.8. The van der Waals surface area contributed by atoms with Crippen molar-refractivity contribution < 1.29 is 4.79 Å². The second-order valence-corrected chi connectivity index (χ2v) is 3.05. The topological polar surface area (TPSA) is 55.1 Å². The molecule has 0 aliphatic carbocycles. The fraction of sp³-hybridized carbons (Fsp3) is 0.667. The molecule has 0 aromatic heterocycles. The summed E-state index contributed by atoms with van der Waals surface area (Å²) in [5.74, 6) is 0.194. The predicted molar refractivity (Wildman–Crippen MR) is 51.0 cm³/mol. The molecule has 0 fully saturated rings. The van der Waals surface area contributed by atoms with Gasteiger partial charge in [-0.2, -0.15) is 0 Å². The SMILES string of the molecule is C=C(CN)C[C@@H](CC(C)=O)NC. The molecule has 0 saturated carbocycles. The molecule has 0 rings (SSSR count). The molecule has 0 radical (unpaired) electrons. The van der Waals surface area contributed by atoms with Crippen LogP contribution >= 0.6 is 0 Å². The molecule has 0 bridgehead atoms. The lowest BCUT2D eigenvalue weighted by Crippen LogP contribution is -2.28. The van der Waals surface area contributed by atoms with Gasteiger partial charge in [0.2, 0.25) is 0 Å². The van der Waals surface area contributed by atoms with Crippen LogP contribution < -0.4 is 11.1 Å². The van der Waals surface area contributed by atoms with Crippen molar-refractivity contribution in [3.8, 4) is 0 Å². The van der Waals surface area contributed by atoms with Crippen LogP contribution in [0, 0.1) is 0 Å². The van der Waals surface area contributed by atoms with E-state index in [4.69, 9.17) is 5.73 Å². The maximum absolute atomic E-state index is 10.8. The van der Waals surface area contributed by atoms with Gasteiger partial charge < -0.3 is 11.1 Å². The average molecular weight is 170 g/mol. The smallest absolute Gasteiger partial charge is 0.131 e. The van der Waals surface area contributed by atoms with E-state index in [1.807, 2.05) is 7.05 Å². The zero-order valence-corrected chi connectivity index (χ0v) is 7.89. The van der Waals surface area contributed by atoms with E-state index in [9.17, 15) is 4.79 Å². The Hall–Kier alpha value is -0.670. The van der Waals surface area contributed by atoms with Crippen molar-refractivity contribution in [2.75, 3.05) is 13.6 Å². The zero-order valence-electron chi connectivity index (χ0n) is 7.89. The highest BCUT2D eigenvalue weighted by Crippen LogP contribution is 2.05. The zero-order chi connectivity index (χ0) is 9.56. The summed E-state index contributed by atoms with van der Waals surface area (Å²) in [6.45, 7) is 5.88.